The molecule has 1 fully saturated rings. The Morgan fingerprint density at radius 1 is 1.07 bits per heavy atom. The van der Waals surface area contributed by atoms with E-state index in [1.807, 2.05) is 52.7 Å². The molecule has 6 heteroatoms. The van der Waals surface area contributed by atoms with Gasteiger partial charge in [0.05, 0.1) is 5.69 Å². The Labute approximate surface area is 170 Å². The minimum Gasteiger partial charge on any atom is -0.336 e. The van der Waals surface area contributed by atoms with Gasteiger partial charge in [0.1, 0.15) is 0 Å². The van der Waals surface area contributed by atoms with Crippen molar-refractivity contribution >= 4 is 29.8 Å². The molecule has 2 aromatic carbocycles. The van der Waals surface area contributed by atoms with E-state index < -0.39 is 0 Å². The van der Waals surface area contributed by atoms with Crippen molar-refractivity contribution in [3.8, 4) is 0 Å². The molecule has 2 heterocycles. The van der Waals surface area contributed by atoms with Crippen molar-refractivity contribution < 1.29 is 4.79 Å². The van der Waals surface area contributed by atoms with Crippen LogP contribution in [0.15, 0.2) is 76.9 Å². The molecule has 0 bridgehead atoms. The summed E-state index contributed by atoms with van der Waals surface area (Å²) in [7, 11) is 0. The molecule has 4 rings (SSSR count). The highest BCUT2D eigenvalue weighted by molar-refractivity contribution is 7.97. The van der Waals surface area contributed by atoms with Crippen LogP contribution in [0.2, 0.25) is 0 Å². The first-order chi connectivity index (χ1) is 13.7. The van der Waals surface area contributed by atoms with Gasteiger partial charge in [0.25, 0.3) is 5.91 Å². The summed E-state index contributed by atoms with van der Waals surface area (Å²) >= 11 is 1.76. The van der Waals surface area contributed by atoms with E-state index in [0.29, 0.717) is 6.04 Å². The summed E-state index contributed by atoms with van der Waals surface area (Å²) in [6, 6.07) is 18.3. The molecule has 1 unspecified atom stereocenters. The number of allylic oxidation sites excluding steroid dienone is 1. The van der Waals surface area contributed by atoms with Crippen LogP contribution in [0.5, 0.6) is 0 Å². The monoisotopic (exact) mass is 392 g/mol. The average molecular weight is 393 g/mol. The molecule has 1 amide bonds. The Balaban J connectivity index is 1.35. The largest absolute Gasteiger partial charge is 0.336 e. The van der Waals surface area contributed by atoms with Crippen molar-refractivity contribution in [3.05, 3.63) is 72.4 Å². The molecule has 2 aliphatic rings. The molecule has 1 atom stereocenters. The number of amides is 1. The number of hydrazone groups is 1. The number of hydrogen-bond donors (Lipinski definition) is 0. The van der Waals surface area contributed by atoms with Crippen molar-refractivity contribution in [1.82, 2.24) is 9.21 Å². The fourth-order valence-corrected chi connectivity index (χ4v) is 4.32. The molecule has 0 saturated carbocycles. The lowest BCUT2D eigenvalue weighted by Gasteiger charge is -2.39. The lowest BCUT2D eigenvalue weighted by Crippen LogP contribution is -2.51. The third kappa shape index (κ3) is 4.29. The van der Waals surface area contributed by atoms with Gasteiger partial charge < -0.3 is 4.90 Å². The van der Waals surface area contributed by atoms with E-state index in [2.05, 4.69) is 46.7 Å². The normalized spacial score (nSPS) is 19.8. The topological polar surface area (TPSA) is 39.2 Å². The number of rotatable bonds is 4. The third-order valence-electron chi connectivity index (χ3n) is 4.89. The van der Waals surface area contributed by atoms with Crippen molar-refractivity contribution in [2.45, 2.75) is 24.3 Å². The van der Waals surface area contributed by atoms with E-state index >= 15 is 0 Å². The van der Waals surface area contributed by atoms with Crippen LogP contribution in [0, 0.1) is 0 Å². The lowest BCUT2D eigenvalue weighted by molar-refractivity contribution is 0.0653. The molecule has 0 N–H and O–H groups in total. The smallest absolute Gasteiger partial charge is 0.253 e. The van der Waals surface area contributed by atoms with Crippen LogP contribution < -0.4 is 5.01 Å². The first kappa shape index (κ1) is 18.8. The molecule has 0 aliphatic carbocycles. The van der Waals surface area contributed by atoms with E-state index in [0.717, 1.165) is 37.3 Å². The standard InChI is InChI=1S/C22H24N4OS/c1-18-17-24(22(27)19-7-3-2-4-8-19)15-16-26(18)28-21-11-9-20(10-12-21)25-14-6-5-13-23-25/h2-4,6-14,18H,5,15-17H2,1H3. The number of anilines is 1. The molecule has 0 aromatic heterocycles. The van der Waals surface area contributed by atoms with Gasteiger partial charge in [-0.05, 0) is 55.3 Å². The number of piperazine rings is 1. The molecule has 28 heavy (non-hydrogen) atoms. The van der Waals surface area contributed by atoms with Crippen molar-refractivity contribution in [1.29, 1.82) is 0 Å². The van der Waals surface area contributed by atoms with Crippen LogP contribution in [0.4, 0.5) is 5.69 Å². The van der Waals surface area contributed by atoms with E-state index in [1.54, 1.807) is 11.9 Å². The van der Waals surface area contributed by atoms with Crippen LogP contribution >= 0.6 is 11.9 Å². The highest BCUT2D eigenvalue weighted by Gasteiger charge is 2.28. The quantitative estimate of drug-likeness (QED) is 0.729. The van der Waals surface area contributed by atoms with E-state index in [-0.39, 0.29) is 5.91 Å². The second-order valence-corrected chi connectivity index (χ2v) is 8.08. The number of carbonyl (C=O) groups is 1. The number of hydrogen-bond acceptors (Lipinski definition) is 5. The average Bonchev–Trinajstić information content (AvgIpc) is 2.76. The summed E-state index contributed by atoms with van der Waals surface area (Å²) in [6.07, 6.45) is 6.88. The number of carbonyl (C=O) groups excluding carboxylic acids is 1. The van der Waals surface area contributed by atoms with Crippen LogP contribution in [0.1, 0.15) is 23.7 Å². The highest BCUT2D eigenvalue weighted by Crippen LogP contribution is 2.29. The molecule has 1 saturated heterocycles. The van der Waals surface area contributed by atoms with Gasteiger partial charge in [0, 0.05) is 55.0 Å². The summed E-state index contributed by atoms with van der Waals surface area (Å²) in [5, 5.41) is 6.26. The van der Waals surface area contributed by atoms with E-state index in [4.69, 9.17) is 0 Å². The van der Waals surface area contributed by atoms with Crippen LogP contribution in [0.25, 0.3) is 0 Å². The van der Waals surface area contributed by atoms with Gasteiger partial charge >= 0.3 is 0 Å². The zero-order valence-corrected chi connectivity index (χ0v) is 16.8. The molecule has 0 radical (unpaired) electrons. The summed E-state index contributed by atoms with van der Waals surface area (Å²) in [6.45, 7) is 4.52. The van der Waals surface area contributed by atoms with Gasteiger partial charge in [-0.25, -0.2) is 9.31 Å². The van der Waals surface area contributed by atoms with Crippen LogP contribution in [-0.4, -0.2) is 47.0 Å². The maximum Gasteiger partial charge on any atom is 0.253 e. The summed E-state index contributed by atoms with van der Waals surface area (Å²) in [4.78, 5) is 15.8. The van der Waals surface area contributed by atoms with Crippen molar-refractivity contribution in [2.75, 3.05) is 24.6 Å². The third-order valence-corrected chi connectivity index (χ3v) is 6.15. The Morgan fingerprint density at radius 3 is 2.54 bits per heavy atom. The summed E-state index contributed by atoms with van der Waals surface area (Å²) < 4.78 is 2.36. The first-order valence-electron chi connectivity index (χ1n) is 9.58. The highest BCUT2D eigenvalue weighted by atomic mass is 32.2. The predicted molar refractivity (Wildman–Crippen MR) is 116 cm³/mol. The summed E-state index contributed by atoms with van der Waals surface area (Å²) in [5.41, 5.74) is 1.82. The Kier molecular flexibility index (Phi) is 5.78. The molecular weight excluding hydrogens is 368 g/mol. The predicted octanol–water partition coefficient (Wildman–Crippen LogP) is 4.25. The fraction of sp³-hybridized carbons (Fsp3) is 0.273. The van der Waals surface area contributed by atoms with Gasteiger partial charge in [-0.2, -0.15) is 5.10 Å². The van der Waals surface area contributed by atoms with Crippen molar-refractivity contribution in [3.63, 3.8) is 0 Å². The van der Waals surface area contributed by atoms with Gasteiger partial charge in [-0.3, -0.25) is 4.79 Å². The van der Waals surface area contributed by atoms with E-state index in [1.165, 1.54) is 4.90 Å². The second kappa shape index (κ2) is 8.63. The molecule has 0 spiro atoms. The Bertz CT molecular complexity index is 854. The van der Waals surface area contributed by atoms with Gasteiger partial charge in [-0.1, -0.05) is 24.3 Å². The first-order valence-corrected chi connectivity index (χ1v) is 10.4. The maximum absolute atomic E-state index is 12.7. The van der Waals surface area contributed by atoms with Gasteiger partial charge in [0.15, 0.2) is 0 Å². The number of nitrogens with zero attached hydrogens (tertiary/aromatic N) is 4. The summed E-state index contributed by atoms with van der Waals surface area (Å²) in [5.74, 6) is 0.122. The van der Waals surface area contributed by atoms with Gasteiger partial charge in [0.2, 0.25) is 0 Å². The van der Waals surface area contributed by atoms with Crippen molar-refractivity contribution in [2.24, 2.45) is 5.10 Å². The molecule has 2 aliphatic heterocycles. The Morgan fingerprint density at radius 2 is 1.86 bits per heavy atom. The molecular formula is C22H24N4OS. The van der Waals surface area contributed by atoms with Crippen LogP contribution in [-0.2, 0) is 0 Å². The zero-order chi connectivity index (χ0) is 19.3. The van der Waals surface area contributed by atoms with E-state index in [9.17, 15) is 4.79 Å². The molecule has 2 aromatic rings. The minimum atomic E-state index is 0.122. The fourth-order valence-electron chi connectivity index (χ4n) is 3.37. The lowest BCUT2D eigenvalue weighted by atomic mass is 10.1. The minimum absolute atomic E-state index is 0.122. The zero-order valence-electron chi connectivity index (χ0n) is 15.9. The molecule has 5 nitrogen and oxygen atoms in total. The molecule has 144 valence electrons. The SMILES string of the molecule is CC1CN(C(=O)c2ccccc2)CCN1Sc1ccc(N2C=CCC=N2)cc1. The maximum atomic E-state index is 12.7. The number of benzene rings is 2. The van der Waals surface area contributed by atoms with Crippen LogP contribution in [0.3, 0.4) is 0 Å². The second-order valence-electron chi connectivity index (χ2n) is 6.96. The Hall–Kier alpha value is -2.57. The van der Waals surface area contributed by atoms with Gasteiger partial charge in [-0.15, -0.1) is 0 Å².